The molecule has 0 aromatic rings. The Morgan fingerprint density at radius 3 is 0.523 bits per heavy atom. The molecule has 0 bridgehead atoms. The average molecular weight is 666 g/mol. The first-order valence-corrected chi connectivity index (χ1v) is 20.0. The van der Waals surface area contributed by atoms with Crippen molar-refractivity contribution in [1.29, 1.82) is 0 Å². The van der Waals surface area contributed by atoms with Gasteiger partial charge in [-0.15, -0.1) is 0 Å². The third-order valence-corrected chi connectivity index (χ3v) is 10.0. The third-order valence-electron chi connectivity index (χ3n) is 10.0. The van der Waals surface area contributed by atoms with E-state index in [1.807, 2.05) is 0 Å². The van der Waals surface area contributed by atoms with Crippen molar-refractivity contribution in [3.63, 3.8) is 0 Å². The minimum Gasteiger partial charge on any atom is -1.00 e. The first kappa shape index (κ1) is 48.9. The van der Waals surface area contributed by atoms with Crippen molar-refractivity contribution in [2.45, 2.75) is 206 Å². The maximum absolute atomic E-state index is 2.47. The van der Waals surface area contributed by atoms with Gasteiger partial charge in [0, 0.05) is 0 Å². The Morgan fingerprint density at radius 1 is 0.227 bits per heavy atom. The van der Waals surface area contributed by atoms with Gasteiger partial charge in [-0.2, -0.15) is 0 Å². The Balaban J connectivity index is -0.00000840. The van der Waals surface area contributed by atoms with Gasteiger partial charge < -0.3 is 33.8 Å². The largest absolute Gasteiger partial charge is 1.00 e. The summed E-state index contributed by atoms with van der Waals surface area (Å²) in [4.78, 5) is 0. The van der Waals surface area contributed by atoms with Gasteiger partial charge in [-0.3, -0.25) is 0 Å². The van der Waals surface area contributed by atoms with Gasteiger partial charge in [0.2, 0.25) is 0 Å². The fourth-order valence-electron chi connectivity index (χ4n) is 6.77. The average Bonchev–Trinajstić information content (AvgIpc) is 2.95. The summed E-state index contributed by atoms with van der Waals surface area (Å²) in [7, 11) is 9.87. The molecule has 0 unspecified atom stereocenters. The zero-order valence-electron chi connectivity index (χ0n) is 31.7. The van der Waals surface area contributed by atoms with Crippen LogP contribution in [0.2, 0.25) is 0 Å². The van der Waals surface area contributed by atoms with E-state index in [0.717, 1.165) is 0 Å². The smallest absolute Gasteiger partial charge is 0.0782 e. The molecule has 270 valence electrons. The third kappa shape index (κ3) is 38.7. The van der Waals surface area contributed by atoms with Gasteiger partial charge in [-0.1, -0.05) is 155 Å². The SMILES string of the molecule is CCCCCCCCCCCCCCC[N+](C)(C)CCCCCC[N+](C)(C)CCCCCCCCCCCCCCC.[Cl-].[Cl-]. The first-order chi connectivity index (χ1) is 20.3. The van der Waals surface area contributed by atoms with Gasteiger partial charge in [-0.05, 0) is 51.4 Å². The molecule has 2 nitrogen and oxygen atoms in total. The molecule has 0 aromatic carbocycles. The molecule has 0 heterocycles. The molecule has 4 heteroatoms. The first-order valence-electron chi connectivity index (χ1n) is 20.0. The van der Waals surface area contributed by atoms with Crippen LogP contribution in [0.3, 0.4) is 0 Å². The Labute approximate surface area is 293 Å². The Bertz CT molecular complexity index is 478. The zero-order chi connectivity index (χ0) is 31.0. The van der Waals surface area contributed by atoms with Crippen LogP contribution >= 0.6 is 0 Å². The highest BCUT2D eigenvalue weighted by Gasteiger charge is 2.15. The lowest BCUT2D eigenvalue weighted by Gasteiger charge is -2.31. The number of nitrogens with zero attached hydrogens (tertiary/aromatic N) is 2. The second-order valence-electron chi connectivity index (χ2n) is 15.7. The monoisotopic (exact) mass is 665 g/mol. The van der Waals surface area contributed by atoms with E-state index >= 15 is 0 Å². The highest BCUT2D eigenvalue weighted by Crippen LogP contribution is 2.16. The molecule has 0 atom stereocenters. The molecule has 0 saturated carbocycles. The van der Waals surface area contributed by atoms with Gasteiger partial charge >= 0.3 is 0 Å². The van der Waals surface area contributed by atoms with Crippen LogP contribution in [-0.2, 0) is 0 Å². The minimum atomic E-state index is 0. The van der Waals surface area contributed by atoms with E-state index in [9.17, 15) is 0 Å². The highest BCUT2D eigenvalue weighted by molar-refractivity contribution is 4.52. The molecule has 0 aliphatic rings. The Kier molecular flexibility index (Phi) is 40.4. The van der Waals surface area contributed by atoms with Crippen LogP contribution in [0.1, 0.15) is 206 Å². The van der Waals surface area contributed by atoms with Crippen LogP contribution in [0, 0.1) is 0 Å². The molecule has 0 saturated heterocycles. The van der Waals surface area contributed by atoms with Crippen molar-refractivity contribution >= 4 is 0 Å². The van der Waals surface area contributed by atoms with Gasteiger partial charge in [0.1, 0.15) is 0 Å². The van der Waals surface area contributed by atoms with E-state index < -0.39 is 0 Å². The highest BCUT2D eigenvalue weighted by atomic mass is 35.5. The van der Waals surface area contributed by atoms with Crippen LogP contribution in [0.25, 0.3) is 0 Å². The van der Waals surface area contributed by atoms with Crippen LogP contribution in [-0.4, -0.2) is 63.3 Å². The molecule has 0 fully saturated rings. The van der Waals surface area contributed by atoms with Crippen molar-refractivity contribution in [3.8, 4) is 0 Å². The number of hydrogen-bond donors (Lipinski definition) is 0. The molecular weight excluding hydrogens is 579 g/mol. The second kappa shape index (κ2) is 36.3. The van der Waals surface area contributed by atoms with Crippen LogP contribution in [0.4, 0.5) is 0 Å². The standard InChI is InChI=1S/C40H86N2.2ClH/c1-7-9-11-13-15-17-19-21-23-25-27-29-33-37-41(3,4)39-35-31-32-36-40-42(5,6)38-34-30-28-26-24-22-20-18-16-14-12-10-8-2;;/h7-40H2,1-6H3;2*1H/q+2;;/p-2. The summed E-state index contributed by atoms with van der Waals surface area (Å²) in [6, 6.07) is 0. The van der Waals surface area contributed by atoms with E-state index in [4.69, 9.17) is 0 Å². The molecule has 0 amide bonds. The predicted octanol–water partition coefficient (Wildman–Crippen LogP) is 6.89. The summed E-state index contributed by atoms with van der Waals surface area (Å²) < 4.78 is 2.47. The van der Waals surface area contributed by atoms with E-state index in [1.165, 1.54) is 228 Å². The van der Waals surface area contributed by atoms with E-state index in [0.29, 0.717) is 0 Å². The molecule has 0 rings (SSSR count). The summed E-state index contributed by atoms with van der Waals surface area (Å²) >= 11 is 0. The summed E-state index contributed by atoms with van der Waals surface area (Å²) in [6.45, 7) is 10.1. The quantitative estimate of drug-likeness (QED) is 0.0511. The fraction of sp³-hybridized carbons (Fsp3) is 1.00. The summed E-state index contributed by atoms with van der Waals surface area (Å²) in [5, 5.41) is 0. The summed E-state index contributed by atoms with van der Waals surface area (Å²) in [5.41, 5.74) is 0. The van der Waals surface area contributed by atoms with Gasteiger partial charge in [-0.25, -0.2) is 0 Å². The van der Waals surface area contributed by atoms with E-state index in [1.54, 1.807) is 0 Å². The lowest BCUT2D eigenvalue weighted by Crippen LogP contribution is -3.00. The second-order valence-corrected chi connectivity index (χ2v) is 15.7. The Hall–Kier alpha value is 0.500. The minimum absolute atomic E-state index is 0. The number of quaternary nitrogens is 2. The predicted molar refractivity (Wildman–Crippen MR) is 194 cm³/mol. The molecule has 0 N–H and O–H groups in total. The maximum Gasteiger partial charge on any atom is 0.0782 e. The topological polar surface area (TPSA) is 0 Å². The van der Waals surface area contributed by atoms with Crippen LogP contribution < -0.4 is 24.8 Å². The van der Waals surface area contributed by atoms with Crippen LogP contribution in [0.15, 0.2) is 0 Å². The van der Waals surface area contributed by atoms with Crippen molar-refractivity contribution in [1.82, 2.24) is 0 Å². The number of hydrogen-bond acceptors (Lipinski definition) is 0. The normalized spacial score (nSPS) is 11.9. The van der Waals surface area contributed by atoms with E-state index in [-0.39, 0.29) is 24.8 Å². The lowest BCUT2D eigenvalue weighted by atomic mass is 10.0. The van der Waals surface area contributed by atoms with Gasteiger partial charge in [0.25, 0.3) is 0 Å². The maximum atomic E-state index is 2.47. The van der Waals surface area contributed by atoms with Crippen LogP contribution in [0.5, 0.6) is 0 Å². The van der Waals surface area contributed by atoms with Crippen molar-refractivity contribution in [2.24, 2.45) is 0 Å². The number of unbranched alkanes of at least 4 members (excludes halogenated alkanes) is 27. The summed E-state index contributed by atoms with van der Waals surface area (Å²) in [5.74, 6) is 0. The summed E-state index contributed by atoms with van der Waals surface area (Å²) in [6.07, 6.45) is 43.5. The molecule has 0 spiro atoms. The molecule has 0 radical (unpaired) electrons. The van der Waals surface area contributed by atoms with Crippen molar-refractivity contribution in [2.75, 3.05) is 54.4 Å². The molecule has 44 heavy (non-hydrogen) atoms. The number of halogens is 2. The molecule has 0 aliphatic heterocycles. The van der Waals surface area contributed by atoms with Gasteiger partial charge in [0.05, 0.1) is 54.4 Å². The van der Waals surface area contributed by atoms with Gasteiger partial charge in [0.15, 0.2) is 0 Å². The Morgan fingerprint density at radius 2 is 0.364 bits per heavy atom. The fourth-order valence-corrected chi connectivity index (χ4v) is 6.77. The number of rotatable bonds is 35. The lowest BCUT2D eigenvalue weighted by molar-refractivity contribution is -0.891. The van der Waals surface area contributed by atoms with Crippen molar-refractivity contribution < 1.29 is 33.8 Å². The van der Waals surface area contributed by atoms with Crippen molar-refractivity contribution in [3.05, 3.63) is 0 Å². The molecular formula is C40H86Cl2N2. The zero-order valence-corrected chi connectivity index (χ0v) is 33.2. The molecule has 0 aliphatic carbocycles. The molecule has 0 aromatic heterocycles. The van der Waals surface area contributed by atoms with E-state index in [2.05, 4.69) is 42.0 Å².